The summed E-state index contributed by atoms with van der Waals surface area (Å²) >= 11 is 0. The average Bonchev–Trinajstić information content (AvgIpc) is 2.34. The number of carbonyl (C=O) groups excluding carboxylic acids is 1. The molecule has 0 amide bonds. The first-order valence-electron chi connectivity index (χ1n) is 7.62. The van der Waals surface area contributed by atoms with Gasteiger partial charge in [0, 0.05) is 0 Å². The molecular weight excluding hydrogens is 226 g/mol. The van der Waals surface area contributed by atoms with E-state index in [0.29, 0.717) is 13.2 Å². The summed E-state index contributed by atoms with van der Waals surface area (Å²) < 4.78 is 5.00. The van der Waals surface area contributed by atoms with E-state index in [1.807, 2.05) is 6.92 Å². The van der Waals surface area contributed by atoms with Gasteiger partial charge in [-0.1, -0.05) is 46.0 Å². The minimum Gasteiger partial charge on any atom is -0.465 e. The van der Waals surface area contributed by atoms with Crippen molar-refractivity contribution in [3.05, 3.63) is 0 Å². The Hall–Kier alpha value is -0.570. The van der Waals surface area contributed by atoms with E-state index < -0.39 is 0 Å². The molecule has 0 bridgehead atoms. The highest BCUT2D eigenvalue weighted by Gasteiger charge is 2.09. The minimum absolute atomic E-state index is 0.0862. The van der Waals surface area contributed by atoms with Crippen molar-refractivity contribution in [2.24, 2.45) is 0 Å². The van der Waals surface area contributed by atoms with Gasteiger partial charge in [-0.25, -0.2) is 0 Å². The summed E-state index contributed by atoms with van der Waals surface area (Å²) in [4.78, 5) is 13.7. The van der Waals surface area contributed by atoms with Crippen LogP contribution >= 0.6 is 0 Å². The number of ether oxygens (including phenoxy) is 1. The van der Waals surface area contributed by atoms with E-state index in [0.717, 1.165) is 19.5 Å². The van der Waals surface area contributed by atoms with Crippen LogP contribution in [0.2, 0.25) is 0 Å². The van der Waals surface area contributed by atoms with Gasteiger partial charge in [-0.2, -0.15) is 0 Å². The second-order valence-corrected chi connectivity index (χ2v) is 4.85. The van der Waals surface area contributed by atoms with E-state index in [1.54, 1.807) is 0 Å². The maximum atomic E-state index is 11.4. The molecule has 0 fully saturated rings. The Morgan fingerprint density at radius 3 is 2.17 bits per heavy atom. The van der Waals surface area contributed by atoms with Crippen molar-refractivity contribution in [1.29, 1.82) is 0 Å². The third kappa shape index (κ3) is 10.6. The average molecular weight is 257 g/mol. The Kier molecular flexibility index (Phi) is 12.5. The molecule has 0 aromatic heterocycles. The summed E-state index contributed by atoms with van der Waals surface area (Å²) in [5, 5.41) is 0. The highest BCUT2D eigenvalue weighted by atomic mass is 16.5. The third-order valence-corrected chi connectivity index (χ3v) is 3.03. The molecule has 3 heteroatoms. The van der Waals surface area contributed by atoms with Crippen LogP contribution in [0, 0.1) is 0 Å². The Balaban J connectivity index is 3.65. The zero-order valence-corrected chi connectivity index (χ0v) is 12.5. The van der Waals surface area contributed by atoms with Gasteiger partial charge in [-0.05, 0) is 32.9 Å². The van der Waals surface area contributed by atoms with Gasteiger partial charge < -0.3 is 4.74 Å². The van der Waals surface area contributed by atoms with Gasteiger partial charge >= 0.3 is 5.97 Å². The van der Waals surface area contributed by atoms with Crippen LogP contribution in [0.1, 0.15) is 65.7 Å². The fourth-order valence-electron chi connectivity index (χ4n) is 2.09. The molecule has 0 unspecified atom stereocenters. The van der Waals surface area contributed by atoms with E-state index in [1.165, 1.54) is 38.5 Å². The standard InChI is InChI=1S/C15H31NO2/c1-4-7-8-9-10-11-13-16(12-5-2)14-15(17)18-6-3/h4-14H2,1-3H3. The number of hydrogen-bond acceptors (Lipinski definition) is 3. The Labute approximate surface area is 113 Å². The molecule has 0 saturated carbocycles. The monoisotopic (exact) mass is 257 g/mol. The highest BCUT2D eigenvalue weighted by molar-refractivity contribution is 5.71. The quantitative estimate of drug-likeness (QED) is 0.395. The first-order valence-corrected chi connectivity index (χ1v) is 7.62. The predicted molar refractivity (Wildman–Crippen MR) is 76.7 cm³/mol. The molecule has 108 valence electrons. The van der Waals surface area contributed by atoms with Crippen molar-refractivity contribution in [1.82, 2.24) is 4.90 Å². The molecule has 0 heterocycles. The molecule has 0 aliphatic carbocycles. The van der Waals surface area contributed by atoms with E-state index in [9.17, 15) is 4.79 Å². The number of esters is 1. The van der Waals surface area contributed by atoms with Crippen LogP contribution in [0.25, 0.3) is 0 Å². The first-order chi connectivity index (χ1) is 8.74. The molecule has 0 saturated heterocycles. The van der Waals surface area contributed by atoms with Gasteiger partial charge in [0.05, 0.1) is 13.2 Å². The van der Waals surface area contributed by atoms with Crippen LogP contribution in [-0.4, -0.2) is 37.1 Å². The Morgan fingerprint density at radius 2 is 1.56 bits per heavy atom. The Bertz CT molecular complexity index is 195. The van der Waals surface area contributed by atoms with Crippen molar-refractivity contribution in [3.63, 3.8) is 0 Å². The van der Waals surface area contributed by atoms with Gasteiger partial charge in [0.1, 0.15) is 0 Å². The highest BCUT2D eigenvalue weighted by Crippen LogP contribution is 2.06. The normalized spacial score (nSPS) is 10.9. The zero-order valence-electron chi connectivity index (χ0n) is 12.5. The summed E-state index contributed by atoms with van der Waals surface area (Å²) in [6, 6.07) is 0. The van der Waals surface area contributed by atoms with Gasteiger partial charge in [-0.3, -0.25) is 9.69 Å². The van der Waals surface area contributed by atoms with E-state index in [-0.39, 0.29) is 5.97 Å². The molecule has 3 nitrogen and oxygen atoms in total. The lowest BCUT2D eigenvalue weighted by molar-refractivity contribution is -0.144. The van der Waals surface area contributed by atoms with Gasteiger partial charge in [0.15, 0.2) is 0 Å². The van der Waals surface area contributed by atoms with Crippen molar-refractivity contribution < 1.29 is 9.53 Å². The predicted octanol–water partition coefficient (Wildman–Crippen LogP) is 3.62. The summed E-state index contributed by atoms with van der Waals surface area (Å²) in [6.45, 7) is 9.20. The number of nitrogens with zero attached hydrogens (tertiary/aromatic N) is 1. The lowest BCUT2D eigenvalue weighted by Gasteiger charge is -2.20. The molecule has 18 heavy (non-hydrogen) atoms. The Morgan fingerprint density at radius 1 is 0.889 bits per heavy atom. The topological polar surface area (TPSA) is 29.5 Å². The maximum Gasteiger partial charge on any atom is 0.320 e. The van der Waals surface area contributed by atoms with Crippen LogP contribution in [0.5, 0.6) is 0 Å². The smallest absolute Gasteiger partial charge is 0.320 e. The largest absolute Gasteiger partial charge is 0.465 e. The number of rotatable bonds is 12. The van der Waals surface area contributed by atoms with Gasteiger partial charge in [0.25, 0.3) is 0 Å². The van der Waals surface area contributed by atoms with Crippen molar-refractivity contribution in [2.75, 3.05) is 26.2 Å². The van der Waals surface area contributed by atoms with Crippen molar-refractivity contribution >= 4 is 5.97 Å². The second-order valence-electron chi connectivity index (χ2n) is 4.85. The van der Waals surface area contributed by atoms with Crippen LogP contribution in [0.15, 0.2) is 0 Å². The lowest BCUT2D eigenvalue weighted by Crippen LogP contribution is -2.32. The molecular formula is C15H31NO2. The fourth-order valence-corrected chi connectivity index (χ4v) is 2.09. The molecule has 0 rings (SSSR count). The molecule has 0 aliphatic heterocycles. The molecule has 0 spiro atoms. The summed E-state index contributed by atoms with van der Waals surface area (Å²) in [5.74, 6) is -0.0862. The summed E-state index contributed by atoms with van der Waals surface area (Å²) in [7, 11) is 0. The number of unbranched alkanes of at least 4 members (excludes halogenated alkanes) is 5. The van der Waals surface area contributed by atoms with Crippen LogP contribution in [0.4, 0.5) is 0 Å². The summed E-state index contributed by atoms with van der Waals surface area (Å²) in [6.07, 6.45) is 8.89. The van der Waals surface area contributed by atoms with Gasteiger partial charge in [-0.15, -0.1) is 0 Å². The second kappa shape index (κ2) is 12.9. The molecule has 0 radical (unpaired) electrons. The minimum atomic E-state index is -0.0862. The first kappa shape index (κ1) is 17.4. The lowest BCUT2D eigenvalue weighted by atomic mass is 10.1. The van der Waals surface area contributed by atoms with Crippen LogP contribution < -0.4 is 0 Å². The third-order valence-electron chi connectivity index (χ3n) is 3.03. The fraction of sp³-hybridized carbons (Fsp3) is 0.933. The zero-order chi connectivity index (χ0) is 13.6. The van der Waals surface area contributed by atoms with Crippen LogP contribution in [-0.2, 0) is 9.53 Å². The summed E-state index contributed by atoms with van der Waals surface area (Å²) in [5.41, 5.74) is 0. The molecule has 0 aromatic carbocycles. The molecule has 0 aliphatic rings. The number of hydrogen-bond donors (Lipinski definition) is 0. The van der Waals surface area contributed by atoms with E-state index >= 15 is 0 Å². The number of carbonyl (C=O) groups is 1. The SMILES string of the molecule is CCCCCCCCN(CCC)CC(=O)OCC. The maximum absolute atomic E-state index is 11.4. The molecule has 0 N–H and O–H groups in total. The van der Waals surface area contributed by atoms with E-state index in [2.05, 4.69) is 18.7 Å². The van der Waals surface area contributed by atoms with E-state index in [4.69, 9.17) is 4.74 Å². The van der Waals surface area contributed by atoms with Crippen molar-refractivity contribution in [3.8, 4) is 0 Å². The van der Waals surface area contributed by atoms with Crippen molar-refractivity contribution in [2.45, 2.75) is 65.7 Å². The molecule has 0 aromatic rings. The molecule has 0 atom stereocenters. The van der Waals surface area contributed by atoms with Gasteiger partial charge in [0.2, 0.25) is 0 Å². The van der Waals surface area contributed by atoms with Crippen LogP contribution in [0.3, 0.4) is 0 Å².